The van der Waals surface area contributed by atoms with Crippen molar-refractivity contribution in [1.29, 1.82) is 0 Å². The van der Waals surface area contributed by atoms with Crippen LogP contribution in [0.15, 0.2) is 28.7 Å². The van der Waals surface area contributed by atoms with Crippen LogP contribution in [0.3, 0.4) is 0 Å². The van der Waals surface area contributed by atoms with E-state index in [0.29, 0.717) is 12.2 Å². The molecule has 0 unspecified atom stereocenters. The van der Waals surface area contributed by atoms with E-state index in [4.69, 9.17) is 4.74 Å². The van der Waals surface area contributed by atoms with Gasteiger partial charge in [-0.25, -0.2) is 0 Å². The minimum atomic E-state index is 0.00863. The molecular formula is C10H11BrO2. The van der Waals surface area contributed by atoms with Crippen LogP contribution in [0.5, 0.6) is 0 Å². The largest absolute Gasteiger partial charge is 0.374 e. The minimum Gasteiger partial charge on any atom is -0.374 e. The molecule has 0 aromatic heterocycles. The highest BCUT2D eigenvalue weighted by Crippen LogP contribution is 2.16. The highest BCUT2D eigenvalue weighted by molar-refractivity contribution is 9.10. The molecular weight excluding hydrogens is 232 g/mol. The summed E-state index contributed by atoms with van der Waals surface area (Å²) in [6.45, 7) is 2.59. The molecule has 13 heavy (non-hydrogen) atoms. The molecule has 2 nitrogen and oxygen atoms in total. The van der Waals surface area contributed by atoms with Gasteiger partial charge < -0.3 is 4.74 Å². The molecule has 0 bridgehead atoms. The first-order valence-electron chi connectivity index (χ1n) is 4.11. The molecule has 3 heteroatoms. The van der Waals surface area contributed by atoms with Gasteiger partial charge in [-0.05, 0) is 13.0 Å². The fourth-order valence-electron chi connectivity index (χ4n) is 0.960. The maximum absolute atomic E-state index is 11.5. The summed E-state index contributed by atoms with van der Waals surface area (Å²) in [5.41, 5.74) is 0.677. The Morgan fingerprint density at radius 1 is 1.46 bits per heavy atom. The number of carbonyl (C=O) groups is 1. The lowest BCUT2D eigenvalue weighted by Gasteiger charge is -2.02. The van der Waals surface area contributed by atoms with E-state index in [1.165, 1.54) is 0 Å². The van der Waals surface area contributed by atoms with Gasteiger partial charge in [0.05, 0.1) is 0 Å². The quantitative estimate of drug-likeness (QED) is 0.760. The number of ketones is 1. The average molecular weight is 243 g/mol. The smallest absolute Gasteiger partial charge is 0.189 e. The molecule has 70 valence electrons. The molecule has 0 fully saturated rings. The van der Waals surface area contributed by atoms with Crippen molar-refractivity contribution >= 4 is 21.7 Å². The van der Waals surface area contributed by atoms with Gasteiger partial charge in [0.25, 0.3) is 0 Å². The Morgan fingerprint density at radius 2 is 2.15 bits per heavy atom. The first-order valence-corrected chi connectivity index (χ1v) is 4.90. The second-order valence-corrected chi connectivity index (χ2v) is 3.39. The molecule has 0 aliphatic carbocycles. The van der Waals surface area contributed by atoms with Crippen LogP contribution in [-0.4, -0.2) is 19.0 Å². The van der Waals surface area contributed by atoms with Crippen LogP contribution in [0.4, 0.5) is 0 Å². The van der Waals surface area contributed by atoms with Crippen LogP contribution in [0.2, 0.25) is 0 Å². The maximum atomic E-state index is 11.5. The van der Waals surface area contributed by atoms with Crippen molar-refractivity contribution in [2.45, 2.75) is 6.92 Å². The maximum Gasteiger partial charge on any atom is 0.189 e. The molecule has 1 aromatic rings. The molecule has 0 aliphatic heterocycles. The van der Waals surface area contributed by atoms with E-state index in [2.05, 4.69) is 15.9 Å². The van der Waals surface area contributed by atoms with Crippen LogP contribution in [0.1, 0.15) is 17.3 Å². The number of carbonyl (C=O) groups excluding carboxylic acids is 1. The van der Waals surface area contributed by atoms with Gasteiger partial charge in [-0.2, -0.15) is 0 Å². The Kier molecular flexibility index (Phi) is 4.12. The summed E-state index contributed by atoms with van der Waals surface area (Å²) in [5.74, 6) is 0.00863. The van der Waals surface area contributed by atoms with E-state index in [9.17, 15) is 4.79 Å². The zero-order valence-corrected chi connectivity index (χ0v) is 9.00. The van der Waals surface area contributed by atoms with Crippen molar-refractivity contribution in [2.75, 3.05) is 13.2 Å². The Hall–Kier alpha value is -0.670. The summed E-state index contributed by atoms with van der Waals surface area (Å²) in [6.07, 6.45) is 0. The average Bonchev–Trinajstić information content (AvgIpc) is 2.15. The standard InChI is InChI=1S/C10H11BrO2/c1-2-13-7-10(12)8-5-3-4-6-9(8)11/h3-6H,2,7H2,1H3. The monoisotopic (exact) mass is 242 g/mol. The van der Waals surface area contributed by atoms with Crippen LogP contribution in [0.25, 0.3) is 0 Å². The second-order valence-electron chi connectivity index (χ2n) is 2.54. The van der Waals surface area contributed by atoms with E-state index in [1.54, 1.807) is 6.07 Å². The predicted molar refractivity (Wildman–Crippen MR) is 55.0 cm³/mol. The Morgan fingerprint density at radius 3 is 2.77 bits per heavy atom. The van der Waals surface area contributed by atoms with E-state index in [0.717, 1.165) is 4.47 Å². The molecule has 0 atom stereocenters. The van der Waals surface area contributed by atoms with Crippen LogP contribution >= 0.6 is 15.9 Å². The van der Waals surface area contributed by atoms with E-state index < -0.39 is 0 Å². The summed E-state index contributed by atoms with van der Waals surface area (Å²) in [7, 11) is 0. The zero-order valence-electron chi connectivity index (χ0n) is 7.42. The molecule has 0 spiro atoms. The Balaban J connectivity index is 2.71. The van der Waals surface area contributed by atoms with Crippen LogP contribution < -0.4 is 0 Å². The summed E-state index contributed by atoms with van der Waals surface area (Å²) < 4.78 is 5.85. The molecule has 1 rings (SSSR count). The first-order chi connectivity index (χ1) is 6.25. The van der Waals surface area contributed by atoms with Crippen molar-refractivity contribution in [3.8, 4) is 0 Å². The number of rotatable bonds is 4. The van der Waals surface area contributed by atoms with Crippen LogP contribution in [0, 0.1) is 0 Å². The molecule has 0 radical (unpaired) electrons. The third kappa shape index (κ3) is 2.94. The second kappa shape index (κ2) is 5.14. The van der Waals surface area contributed by atoms with Gasteiger partial charge in [0, 0.05) is 16.6 Å². The van der Waals surface area contributed by atoms with Gasteiger partial charge in [0.2, 0.25) is 0 Å². The van der Waals surface area contributed by atoms with Crippen molar-refractivity contribution in [3.05, 3.63) is 34.3 Å². The number of ether oxygens (including phenoxy) is 1. The lowest BCUT2D eigenvalue weighted by Crippen LogP contribution is -2.09. The molecule has 0 saturated carbocycles. The lowest BCUT2D eigenvalue weighted by molar-refractivity contribution is 0.0782. The van der Waals surface area contributed by atoms with Crippen molar-refractivity contribution in [3.63, 3.8) is 0 Å². The normalized spacial score (nSPS) is 10.0. The third-order valence-electron chi connectivity index (χ3n) is 1.61. The summed E-state index contributed by atoms with van der Waals surface area (Å²) in [4.78, 5) is 11.5. The molecule has 0 saturated heterocycles. The molecule has 0 heterocycles. The topological polar surface area (TPSA) is 26.3 Å². The molecule has 0 amide bonds. The van der Waals surface area contributed by atoms with Crippen molar-refractivity contribution in [2.24, 2.45) is 0 Å². The van der Waals surface area contributed by atoms with Crippen LogP contribution in [-0.2, 0) is 4.74 Å². The number of hydrogen-bond acceptors (Lipinski definition) is 2. The van der Waals surface area contributed by atoms with Gasteiger partial charge in [0.1, 0.15) is 6.61 Å². The van der Waals surface area contributed by atoms with E-state index in [-0.39, 0.29) is 12.4 Å². The SMILES string of the molecule is CCOCC(=O)c1ccccc1Br. The molecule has 0 N–H and O–H groups in total. The fraction of sp³-hybridized carbons (Fsp3) is 0.300. The number of Topliss-reactive ketones (excluding diaryl/α,β-unsaturated/α-hetero) is 1. The highest BCUT2D eigenvalue weighted by atomic mass is 79.9. The lowest BCUT2D eigenvalue weighted by atomic mass is 10.1. The van der Waals surface area contributed by atoms with Crippen molar-refractivity contribution in [1.82, 2.24) is 0 Å². The summed E-state index contributed by atoms with van der Waals surface area (Å²) in [5, 5.41) is 0. The minimum absolute atomic E-state index is 0.00863. The molecule has 1 aromatic carbocycles. The van der Waals surface area contributed by atoms with Crippen molar-refractivity contribution < 1.29 is 9.53 Å². The first kappa shape index (κ1) is 10.4. The number of benzene rings is 1. The zero-order chi connectivity index (χ0) is 9.68. The fourth-order valence-corrected chi connectivity index (χ4v) is 1.47. The van der Waals surface area contributed by atoms with Gasteiger partial charge in [-0.1, -0.05) is 34.1 Å². The van der Waals surface area contributed by atoms with E-state index >= 15 is 0 Å². The number of halogens is 1. The summed E-state index contributed by atoms with van der Waals surface area (Å²) in [6, 6.07) is 7.34. The summed E-state index contributed by atoms with van der Waals surface area (Å²) >= 11 is 3.31. The Labute approximate surface area is 86.0 Å². The van der Waals surface area contributed by atoms with Gasteiger partial charge in [-0.3, -0.25) is 4.79 Å². The van der Waals surface area contributed by atoms with Gasteiger partial charge in [-0.15, -0.1) is 0 Å². The highest BCUT2D eigenvalue weighted by Gasteiger charge is 2.08. The van der Waals surface area contributed by atoms with E-state index in [1.807, 2.05) is 25.1 Å². The predicted octanol–water partition coefficient (Wildman–Crippen LogP) is 2.67. The Bertz CT molecular complexity index is 297. The van der Waals surface area contributed by atoms with Gasteiger partial charge in [0.15, 0.2) is 5.78 Å². The van der Waals surface area contributed by atoms with Gasteiger partial charge >= 0.3 is 0 Å². The third-order valence-corrected chi connectivity index (χ3v) is 2.30. The molecule has 0 aliphatic rings. The number of hydrogen-bond donors (Lipinski definition) is 0.